The highest BCUT2D eigenvalue weighted by atomic mass is 79.9. The number of aryl methyl sites for hydroxylation is 2. The third kappa shape index (κ3) is 4.03. The van der Waals surface area contributed by atoms with Gasteiger partial charge in [0.05, 0.1) is 0 Å². The molecular weight excluding hydrogens is 322 g/mol. The number of hydrogen-bond acceptors (Lipinski definition) is 4. The summed E-state index contributed by atoms with van der Waals surface area (Å²) in [6, 6.07) is 8.31. The van der Waals surface area contributed by atoms with Gasteiger partial charge in [0.25, 0.3) is 0 Å². The van der Waals surface area contributed by atoms with E-state index < -0.39 is 0 Å². The van der Waals surface area contributed by atoms with Crippen LogP contribution in [0.5, 0.6) is 0 Å². The summed E-state index contributed by atoms with van der Waals surface area (Å²) in [5.74, 6) is 0. The van der Waals surface area contributed by atoms with Crippen molar-refractivity contribution < 1.29 is 0 Å². The Labute approximate surface area is 126 Å². The minimum absolute atomic E-state index is 0.797. The van der Waals surface area contributed by atoms with Crippen LogP contribution in [0.25, 0.3) is 0 Å². The van der Waals surface area contributed by atoms with E-state index in [0.717, 1.165) is 32.5 Å². The van der Waals surface area contributed by atoms with Crippen molar-refractivity contribution in [3.8, 4) is 0 Å². The van der Waals surface area contributed by atoms with Gasteiger partial charge in [0, 0.05) is 27.3 Å². The minimum atomic E-state index is 0.797. The molecule has 5 heteroatoms. The fourth-order valence-electron chi connectivity index (χ4n) is 1.77. The van der Waals surface area contributed by atoms with E-state index in [0.29, 0.717) is 0 Å². The summed E-state index contributed by atoms with van der Waals surface area (Å²) in [6.45, 7) is 4.83. The third-order valence-corrected chi connectivity index (χ3v) is 4.16. The Morgan fingerprint density at radius 2 is 1.84 bits per heavy atom. The topological polar surface area (TPSA) is 37.8 Å². The van der Waals surface area contributed by atoms with E-state index >= 15 is 0 Å². The zero-order valence-electron chi connectivity index (χ0n) is 11.2. The average Bonchev–Trinajstić information content (AvgIpc) is 2.31. The van der Waals surface area contributed by atoms with Crippen LogP contribution in [0.1, 0.15) is 17.0 Å². The largest absolute Gasteiger partial charge is 0.316 e. The number of hydrogen-bond donors (Lipinski definition) is 1. The average molecular weight is 338 g/mol. The monoisotopic (exact) mass is 337 g/mol. The van der Waals surface area contributed by atoms with Crippen molar-refractivity contribution in [3.63, 3.8) is 0 Å². The normalized spacial score (nSPS) is 10.7. The Morgan fingerprint density at radius 1 is 1.16 bits per heavy atom. The molecule has 1 aromatic heterocycles. The van der Waals surface area contributed by atoms with Crippen molar-refractivity contribution in [3.05, 3.63) is 45.7 Å². The molecule has 1 aromatic carbocycles. The summed E-state index contributed by atoms with van der Waals surface area (Å²) in [7, 11) is 1.94. The highest BCUT2D eigenvalue weighted by Crippen LogP contribution is 2.29. The van der Waals surface area contributed by atoms with E-state index in [-0.39, 0.29) is 0 Å². The van der Waals surface area contributed by atoms with Gasteiger partial charge >= 0.3 is 0 Å². The predicted molar refractivity (Wildman–Crippen MR) is 82.5 cm³/mol. The Morgan fingerprint density at radius 3 is 2.42 bits per heavy atom. The maximum atomic E-state index is 4.44. The smallest absolute Gasteiger partial charge is 0.192 e. The molecule has 100 valence electrons. The summed E-state index contributed by atoms with van der Waals surface area (Å²) < 4.78 is 1.11. The standard InChI is InChI=1S/C14H16BrN3S/c1-9-6-10(2)18-14(17-9)19-12-5-4-11(8-16-3)13(15)7-12/h4-7,16H,8H2,1-3H3. The van der Waals surface area contributed by atoms with Gasteiger partial charge in [0.1, 0.15) is 0 Å². The molecule has 0 radical (unpaired) electrons. The molecule has 0 spiro atoms. The lowest BCUT2D eigenvalue weighted by atomic mass is 10.2. The SMILES string of the molecule is CNCc1ccc(Sc2nc(C)cc(C)n2)cc1Br. The second-order valence-corrected chi connectivity index (χ2v) is 6.21. The van der Waals surface area contributed by atoms with Crippen molar-refractivity contribution in [2.75, 3.05) is 7.05 Å². The lowest BCUT2D eigenvalue weighted by Gasteiger charge is -2.07. The van der Waals surface area contributed by atoms with Gasteiger partial charge in [-0.1, -0.05) is 22.0 Å². The number of rotatable bonds is 4. The maximum absolute atomic E-state index is 4.44. The Kier molecular flexibility index (Phi) is 4.96. The molecule has 0 bridgehead atoms. The maximum Gasteiger partial charge on any atom is 0.192 e. The number of halogens is 1. The molecule has 1 heterocycles. The molecule has 0 fully saturated rings. The van der Waals surface area contributed by atoms with E-state index in [1.54, 1.807) is 11.8 Å². The fraction of sp³-hybridized carbons (Fsp3) is 0.286. The molecule has 2 rings (SSSR count). The summed E-state index contributed by atoms with van der Waals surface area (Å²) in [6.07, 6.45) is 0. The first-order valence-electron chi connectivity index (χ1n) is 6.01. The first-order chi connectivity index (χ1) is 9.08. The van der Waals surface area contributed by atoms with E-state index in [1.807, 2.05) is 27.0 Å². The molecular formula is C14H16BrN3S. The first-order valence-corrected chi connectivity index (χ1v) is 7.62. The highest BCUT2D eigenvalue weighted by molar-refractivity contribution is 9.10. The zero-order valence-corrected chi connectivity index (χ0v) is 13.6. The van der Waals surface area contributed by atoms with Crippen LogP contribution in [0.2, 0.25) is 0 Å². The van der Waals surface area contributed by atoms with Crippen molar-refractivity contribution >= 4 is 27.7 Å². The lowest BCUT2D eigenvalue weighted by Crippen LogP contribution is -2.05. The Hall–Kier alpha value is -0.910. The molecule has 0 atom stereocenters. The molecule has 0 aliphatic heterocycles. The molecule has 19 heavy (non-hydrogen) atoms. The fourth-order valence-corrected chi connectivity index (χ4v) is 3.34. The van der Waals surface area contributed by atoms with Gasteiger partial charge in [-0.15, -0.1) is 0 Å². The van der Waals surface area contributed by atoms with Crippen LogP contribution in [-0.2, 0) is 6.54 Å². The van der Waals surface area contributed by atoms with Crippen LogP contribution in [-0.4, -0.2) is 17.0 Å². The molecule has 0 amide bonds. The molecule has 0 saturated carbocycles. The second-order valence-electron chi connectivity index (χ2n) is 4.32. The minimum Gasteiger partial charge on any atom is -0.316 e. The molecule has 0 aliphatic rings. The number of nitrogens with zero attached hydrogens (tertiary/aromatic N) is 2. The Balaban J connectivity index is 2.21. The van der Waals surface area contributed by atoms with Crippen LogP contribution in [0.15, 0.2) is 38.8 Å². The number of benzene rings is 1. The van der Waals surface area contributed by atoms with E-state index in [1.165, 1.54) is 5.56 Å². The van der Waals surface area contributed by atoms with Crippen molar-refractivity contribution in [1.29, 1.82) is 0 Å². The van der Waals surface area contributed by atoms with E-state index in [4.69, 9.17) is 0 Å². The quantitative estimate of drug-likeness (QED) is 0.862. The van der Waals surface area contributed by atoms with Gasteiger partial charge in [0.15, 0.2) is 5.16 Å². The molecule has 3 nitrogen and oxygen atoms in total. The number of nitrogens with one attached hydrogen (secondary N) is 1. The highest BCUT2D eigenvalue weighted by Gasteiger charge is 2.05. The molecule has 0 aliphatic carbocycles. The molecule has 1 N–H and O–H groups in total. The summed E-state index contributed by atoms with van der Waals surface area (Å²) in [5, 5.41) is 3.94. The Bertz CT molecular complexity index is 567. The van der Waals surface area contributed by atoms with Crippen molar-refractivity contribution in [2.45, 2.75) is 30.4 Å². The second kappa shape index (κ2) is 6.50. The number of aromatic nitrogens is 2. The first kappa shape index (κ1) is 14.5. The van der Waals surface area contributed by atoms with Crippen LogP contribution in [0.3, 0.4) is 0 Å². The van der Waals surface area contributed by atoms with Crippen LogP contribution in [0, 0.1) is 13.8 Å². The van der Waals surface area contributed by atoms with Gasteiger partial charge < -0.3 is 5.32 Å². The van der Waals surface area contributed by atoms with E-state index in [9.17, 15) is 0 Å². The van der Waals surface area contributed by atoms with Gasteiger partial charge in [-0.25, -0.2) is 9.97 Å². The molecule has 0 unspecified atom stereocenters. The van der Waals surface area contributed by atoms with E-state index in [2.05, 4.69) is 49.4 Å². The molecule has 0 saturated heterocycles. The lowest BCUT2D eigenvalue weighted by molar-refractivity contribution is 0.813. The zero-order chi connectivity index (χ0) is 13.8. The van der Waals surface area contributed by atoms with Crippen molar-refractivity contribution in [1.82, 2.24) is 15.3 Å². The van der Waals surface area contributed by atoms with Gasteiger partial charge in [-0.05, 0) is 56.4 Å². The van der Waals surface area contributed by atoms with Gasteiger partial charge in [0.2, 0.25) is 0 Å². The van der Waals surface area contributed by atoms with Gasteiger partial charge in [-0.2, -0.15) is 0 Å². The van der Waals surface area contributed by atoms with Crippen LogP contribution in [0.4, 0.5) is 0 Å². The summed E-state index contributed by atoms with van der Waals surface area (Å²) in [4.78, 5) is 10.0. The third-order valence-electron chi connectivity index (χ3n) is 2.56. The molecule has 2 aromatic rings. The van der Waals surface area contributed by atoms with Gasteiger partial charge in [-0.3, -0.25) is 0 Å². The predicted octanol–water partition coefficient (Wildman–Crippen LogP) is 3.73. The van der Waals surface area contributed by atoms with Crippen LogP contribution >= 0.6 is 27.7 Å². The summed E-state index contributed by atoms with van der Waals surface area (Å²) >= 11 is 5.18. The van der Waals surface area contributed by atoms with Crippen LogP contribution < -0.4 is 5.32 Å². The van der Waals surface area contributed by atoms with Crippen molar-refractivity contribution in [2.24, 2.45) is 0 Å². The summed E-state index contributed by atoms with van der Waals surface area (Å²) in [5.41, 5.74) is 3.25.